The summed E-state index contributed by atoms with van der Waals surface area (Å²) in [5, 5.41) is 0. The predicted octanol–water partition coefficient (Wildman–Crippen LogP) is 18.0. The average Bonchev–Trinajstić information content (AvgIpc) is 3.29. The van der Waals surface area contributed by atoms with Crippen molar-refractivity contribution in [1.29, 1.82) is 0 Å². The van der Waals surface area contributed by atoms with E-state index in [1.54, 1.807) is 0 Å². The second-order valence-corrected chi connectivity index (χ2v) is 18.1. The largest absolute Gasteiger partial charge is 0.462 e. The first kappa shape index (κ1) is 61.1. The van der Waals surface area contributed by atoms with E-state index in [-0.39, 0.29) is 31.1 Å². The Kier molecular flexibility index (Phi) is 50.4. The zero-order valence-corrected chi connectivity index (χ0v) is 42.3. The Balaban J connectivity index is 4.39. The lowest BCUT2D eigenvalue weighted by molar-refractivity contribution is -0.167. The molecule has 0 aromatic carbocycles. The van der Waals surface area contributed by atoms with Gasteiger partial charge in [-0.3, -0.25) is 14.4 Å². The Morgan fingerprint density at radius 2 is 0.609 bits per heavy atom. The molecular weight excluding hydrogens is 793 g/mol. The van der Waals surface area contributed by atoms with Crippen LogP contribution in [0.4, 0.5) is 0 Å². The molecule has 0 saturated heterocycles. The molecule has 0 spiro atoms. The van der Waals surface area contributed by atoms with E-state index in [9.17, 15) is 14.4 Å². The number of unbranched alkanes of at least 4 members (excludes halogenated alkanes) is 28. The smallest absolute Gasteiger partial charge is 0.306 e. The highest BCUT2D eigenvalue weighted by molar-refractivity contribution is 5.71. The van der Waals surface area contributed by atoms with Gasteiger partial charge >= 0.3 is 17.9 Å². The lowest BCUT2D eigenvalue weighted by Crippen LogP contribution is -2.30. The van der Waals surface area contributed by atoms with Gasteiger partial charge in [-0.2, -0.15) is 0 Å². The van der Waals surface area contributed by atoms with Crippen LogP contribution in [-0.2, 0) is 28.6 Å². The van der Waals surface area contributed by atoms with Gasteiger partial charge in [-0.1, -0.05) is 229 Å². The van der Waals surface area contributed by atoms with Gasteiger partial charge in [-0.05, 0) is 83.5 Å². The molecule has 1 unspecified atom stereocenters. The molecule has 0 N–H and O–H groups in total. The average molecular weight is 895 g/mol. The molecule has 6 heteroatoms. The molecule has 0 amide bonds. The maximum atomic E-state index is 12.8. The Labute approximate surface area is 396 Å². The minimum Gasteiger partial charge on any atom is -0.462 e. The van der Waals surface area contributed by atoms with Gasteiger partial charge in [0.1, 0.15) is 13.2 Å². The zero-order chi connectivity index (χ0) is 46.5. The predicted molar refractivity (Wildman–Crippen MR) is 275 cm³/mol. The zero-order valence-electron chi connectivity index (χ0n) is 42.3. The molecule has 0 aromatic rings. The van der Waals surface area contributed by atoms with E-state index in [1.807, 2.05) is 0 Å². The van der Waals surface area contributed by atoms with Crippen LogP contribution in [0.25, 0.3) is 0 Å². The van der Waals surface area contributed by atoms with Crippen molar-refractivity contribution >= 4 is 17.9 Å². The number of allylic oxidation sites excluding steroid dienone is 10. The highest BCUT2D eigenvalue weighted by atomic mass is 16.6. The molecular formula is C58H102O6. The van der Waals surface area contributed by atoms with Crippen molar-refractivity contribution in [2.24, 2.45) is 0 Å². The molecule has 1 atom stereocenters. The summed E-state index contributed by atoms with van der Waals surface area (Å²) in [6, 6.07) is 0. The molecule has 6 nitrogen and oxygen atoms in total. The molecule has 0 radical (unpaired) electrons. The molecule has 0 aliphatic heterocycles. The van der Waals surface area contributed by atoms with E-state index in [4.69, 9.17) is 14.2 Å². The monoisotopic (exact) mass is 895 g/mol. The summed E-state index contributed by atoms with van der Waals surface area (Å²) in [5.74, 6) is -0.899. The van der Waals surface area contributed by atoms with E-state index in [2.05, 4.69) is 81.5 Å². The number of carbonyl (C=O) groups is 3. The Hall–Kier alpha value is -2.89. The van der Waals surface area contributed by atoms with Crippen LogP contribution >= 0.6 is 0 Å². The number of rotatable bonds is 49. The first-order valence-electron chi connectivity index (χ1n) is 27.3. The fourth-order valence-electron chi connectivity index (χ4n) is 7.66. The summed E-state index contributed by atoms with van der Waals surface area (Å²) >= 11 is 0. The third kappa shape index (κ3) is 50.1. The number of hydrogen-bond acceptors (Lipinski definition) is 6. The second kappa shape index (κ2) is 52.7. The van der Waals surface area contributed by atoms with Crippen molar-refractivity contribution < 1.29 is 28.6 Å². The van der Waals surface area contributed by atoms with Crippen molar-refractivity contribution in [2.75, 3.05) is 13.2 Å². The number of ether oxygens (including phenoxy) is 3. The highest BCUT2D eigenvalue weighted by Gasteiger charge is 2.19. The SMILES string of the molecule is CC/C=C\C/C=C\C/C=C\CCCCCCCC(=O)OC(COC(=O)CCCCCCCCC/C=C\C/C=C\CCCCCC)COC(=O)CCCCCCCCCCCCCCC. The van der Waals surface area contributed by atoms with E-state index in [0.29, 0.717) is 19.3 Å². The summed E-state index contributed by atoms with van der Waals surface area (Å²) < 4.78 is 16.8. The van der Waals surface area contributed by atoms with E-state index in [0.717, 1.165) is 109 Å². The van der Waals surface area contributed by atoms with Gasteiger partial charge in [0, 0.05) is 19.3 Å². The standard InChI is InChI=1S/C58H102O6/c1-4-7-10-13-16-19-22-25-27-28-29-31-33-36-39-42-45-48-51-57(60)63-54-55(53-62-56(59)50-47-44-41-38-35-32-24-21-18-15-12-9-6-3)64-58(61)52-49-46-43-40-37-34-30-26-23-20-17-14-11-8-5-2/h8,11,17,19-20,22,26-28,30,55H,4-7,9-10,12-16,18,21,23-25,29,31-54H2,1-3H3/b11-8-,20-17-,22-19-,28-27-,30-26-. The van der Waals surface area contributed by atoms with E-state index < -0.39 is 6.10 Å². The van der Waals surface area contributed by atoms with Crippen molar-refractivity contribution in [1.82, 2.24) is 0 Å². The van der Waals surface area contributed by atoms with Gasteiger partial charge in [0.25, 0.3) is 0 Å². The van der Waals surface area contributed by atoms with Crippen LogP contribution in [0, 0.1) is 0 Å². The Morgan fingerprint density at radius 1 is 0.328 bits per heavy atom. The lowest BCUT2D eigenvalue weighted by atomic mass is 10.0. The molecule has 0 rings (SSSR count). The third-order valence-electron chi connectivity index (χ3n) is 11.8. The highest BCUT2D eigenvalue weighted by Crippen LogP contribution is 2.15. The Morgan fingerprint density at radius 3 is 0.969 bits per heavy atom. The maximum absolute atomic E-state index is 12.8. The minimum absolute atomic E-state index is 0.0818. The number of carbonyl (C=O) groups excluding carboxylic acids is 3. The molecule has 0 aliphatic carbocycles. The first-order chi connectivity index (χ1) is 31.5. The van der Waals surface area contributed by atoms with Crippen LogP contribution in [0.1, 0.15) is 271 Å². The molecule has 0 aliphatic rings. The van der Waals surface area contributed by atoms with Gasteiger partial charge in [-0.25, -0.2) is 0 Å². The molecule has 0 fully saturated rings. The minimum atomic E-state index is -0.784. The van der Waals surface area contributed by atoms with Crippen molar-refractivity contribution in [2.45, 2.75) is 277 Å². The maximum Gasteiger partial charge on any atom is 0.306 e. The van der Waals surface area contributed by atoms with Gasteiger partial charge in [0.2, 0.25) is 0 Å². The molecule has 0 heterocycles. The van der Waals surface area contributed by atoms with Gasteiger partial charge in [0.05, 0.1) is 0 Å². The van der Waals surface area contributed by atoms with Crippen LogP contribution in [0.3, 0.4) is 0 Å². The van der Waals surface area contributed by atoms with Crippen LogP contribution in [0.2, 0.25) is 0 Å². The topological polar surface area (TPSA) is 78.9 Å². The number of esters is 3. The summed E-state index contributed by atoms with van der Waals surface area (Å²) in [4.78, 5) is 38.1. The number of hydrogen-bond donors (Lipinski definition) is 0. The van der Waals surface area contributed by atoms with Crippen LogP contribution in [0.5, 0.6) is 0 Å². The van der Waals surface area contributed by atoms with Crippen LogP contribution < -0.4 is 0 Å². The molecule has 0 aromatic heterocycles. The fraction of sp³-hybridized carbons (Fsp3) is 0.776. The molecule has 370 valence electrons. The second-order valence-electron chi connectivity index (χ2n) is 18.1. The van der Waals surface area contributed by atoms with Crippen molar-refractivity contribution in [3.63, 3.8) is 0 Å². The Bertz CT molecular complexity index is 1170. The van der Waals surface area contributed by atoms with Gasteiger partial charge in [0.15, 0.2) is 6.10 Å². The summed E-state index contributed by atoms with van der Waals surface area (Å²) in [7, 11) is 0. The van der Waals surface area contributed by atoms with E-state index >= 15 is 0 Å². The quantitative estimate of drug-likeness (QED) is 0.0262. The van der Waals surface area contributed by atoms with Crippen molar-refractivity contribution in [3.8, 4) is 0 Å². The first-order valence-corrected chi connectivity index (χ1v) is 27.3. The summed E-state index contributed by atoms with van der Waals surface area (Å²) in [5.41, 5.74) is 0. The van der Waals surface area contributed by atoms with Gasteiger partial charge < -0.3 is 14.2 Å². The molecule has 0 bridgehead atoms. The third-order valence-corrected chi connectivity index (χ3v) is 11.8. The fourth-order valence-corrected chi connectivity index (χ4v) is 7.66. The molecule has 64 heavy (non-hydrogen) atoms. The molecule has 0 saturated carbocycles. The van der Waals surface area contributed by atoms with Crippen molar-refractivity contribution in [3.05, 3.63) is 60.8 Å². The normalized spacial score (nSPS) is 12.5. The summed E-state index contributed by atoms with van der Waals surface area (Å²) in [6.45, 7) is 6.51. The van der Waals surface area contributed by atoms with Crippen LogP contribution in [-0.4, -0.2) is 37.2 Å². The van der Waals surface area contributed by atoms with Crippen LogP contribution in [0.15, 0.2) is 60.8 Å². The summed E-state index contributed by atoms with van der Waals surface area (Å²) in [6.07, 6.45) is 64.9. The van der Waals surface area contributed by atoms with E-state index in [1.165, 1.54) is 122 Å². The van der Waals surface area contributed by atoms with Gasteiger partial charge in [-0.15, -0.1) is 0 Å². The lowest BCUT2D eigenvalue weighted by Gasteiger charge is -2.18.